The number of carbonyl (C=O) groups excluding carboxylic acids is 2. The fraction of sp³-hybridized carbons (Fsp3) is 0.167. The third-order valence-electron chi connectivity index (χ3n) is 3.26. The van der Waals surface area contributed by atoms with Crippen molar-refractivity contribution in [2.75, 3.05) is 5.32 Å². The van der Waals surface area contributed by atoms with E-state index in [1.807, 2.05) is 6.92 Å². The van der Waals surface area contributed by atoms with Gasteiger partial charge in [0.1, 0.15) is 0 Å². The van der Waals surface area contributed by atoms with Gasteiger partial charge in [-0.05, 0) is 36.8 Å². The molecule has 0 aliphatic carbocycles. The molecule has 0 aromatic heterocycles. The van der Waals surface area contributed by atoms with Crippen molar-refractivity contribution in [1.82, 2.24) is 5.43 Å². The first-order valence-electron chi connectivity index (χ1n) is 7.68. The van der Waals surface area contributed by atoms with Gasteiger partial charge < -0.3 is 5.32 Å². The molecule has 2 amide bonds. The van der Waals surface area contributed by atoms with Crippen LogP contribution in [-0.2, 0) is 4.79 Å². The van der Waals surface area contributed by atoms with Crippen LogP contribution >= 0.6 is 23.2 Å². The first-order chi connectivity index (χ1) is 12.0. The average molecular weight is 378 g/mol. The van der Waals surface area contributed by atoms with Crippen molar-refractivity contribution in [2.45, 2.75) is 19.8 Å². The molecule has 0 aliphatic rings. The molecule has 2 N–H and O–H groups in total. The minimum absolute atomic E-state index is 0.0531. The summed E-state index contributed by atoms with van der Waals surface area (Å²) in [7, 11) is 0. The van der Waals surface area contributed by atoms with Gasteiger partial charge in [0, 0.05) is 23.2 Å². The number of hydrogen-bond donors (Lipinski definition) is 2. The van der Waals surface area contributed by atoms with Crippen LogP contribution in [0.4, 0.5) is 5.69 Å². The van der Waals surface area contributed by atoms with E-state index in [-0.39, 0.29) is 11.8 Å². The second kappa shape index (κ2) is 9.20. The van der Waals surface area contributed by atoms with Crippen LogP contribution in [-0.4, -0.2) is 18.0 Å². The van der Waals surface area contributed by atoms with Crippen LogP contribution in [0.2, 0.25) is 10.0 Å². The standard InChI is InChI=1S/C18H17Cl2N3O2/c1-2-4-16(24)22-14-9-7-12(8-10-14)18(25)23-21-11-13-5-3-6-15(19)17(13)20/h3,5-11H,2,4H2,1H3,(H,22,24)(H,23,25). The van der Waals surface area contributed by atoms with Gasteiger partial charge in [0.15, 0.2) is 0 Å². The number of nitrogens with one attached hydrogen (secondary N) is 2. The Morgan fingerprint density at radius 2 is 1.84 bits per heavy atom. The highest BCUT2D eigenvalue weighted by molar-refractivity contribution is 6.43. The molecule has 0 bridgehead atoms. The van der Waals surface area contributed by atoms with E-state index in [1.165, 1.54) is 6.21 Å². The van der Waals surface area contributed by atoms with E-state index in [0.717, 1.165) is 6.42 Å². The molecule has 0 fully saturated rings. The summed E-state index contributed by atoms with van der Waals surface area (Å²) in [5, 5.41) is 7.42. The first kappa shape index (κ1) is 19.0. The van der Waals surface area contributed by atoms with E-state index in [2.05, 4.69) is 15.8 Å². The molecule has 0 unspecified atom stereocenters. The summed E-state index contributed by atoms with van der Waals surface area (Å²) in [5.41, 5.74) is 4.08. The number of anilines is 1. The highest BCUT2D eigenvalue weighted by Gasteiger charge is 2.06. The van der Waals surface area contributed by atoms with Gasteiger partial charge in [-0.3, -0.25) is 9.59 Å². The summed E-state index contributed by atoms with van der Waals surface area (Å²) < 4.78 is 0. The highest BCUT2D eigenvalue weighted by atomic mass is 35.5. The summed E-state index contributed by atoms with van der Waals surface area (Å²) in [5.74, 6) is -0.427. The third-order valence-corrected chi connectivity index (χ3v) is 4.09. The van der Waals surface area contributed by atoms with Crippen LogP contribution in [0.1, 0.15) is 35.7 Å². The van der Waals surface area contributed by atoms with E-state index in [0.29, 0.717) is 33.3 Å². The molecule has 0 heterocycles. The fourth-order valence-electron chi connectivity index (χ4n) is 2.00. The van der Waals surface area contributed by atoms with E-state index in [4.69, 9.17) is 23.2 Å². The maximum atomic E-state index is 12.1. The topological polar surface area (TPSA) is 70.6 Å². The van der Waals surface area contributed by atoms with E-state index in [9.17, 15) is 9.59 Å². The molecule has 25 heavy (non-hydrogen) atoms. The Labute approximate surface area is 156 Å². The van der Waals surface area contributed by atoms with E-state index >= 15 is 0 Å². The summed E-state index contributed by atoms with van der Waals surface area (Å²) in [6, 6.07) is 11.7. The van der Waals surface area contributed by atoms with Gasteiger partial charge in [-0.25, -0.2) is 5.43 Å². The summed E-state index contributed by atoms with van der Waals surface area (Å²) in [4.78, 5) is 23.6. The van der Waals surface area contributed by atoms with Crippen molar-refractivity contribution in [3.8, 4) is 0 Å². The molecule has 5 nitrogen and oxygen atoms in total. The van der Waals surface area contributed by atoms with Crippen LogP contribution < -0.4 is 10.7 Å². The summed E-state index contributed by atoms with van der Waals surface area (Å²) in [6.45, 7) is 1.93. The Morgan fingerprint density at radius 1 is 1.12 bits per heavy atom. The smallest absolute Gasteiger partial charge is 0.271 e. The number of amides is 2. The summed E-state index contributed by atoms with van der Waals surface area (Å²) in [6.07, 6.45) is 2.66. The quantitative estimate of drug-likeness (QED) is 0.574. The van der Waals surface area contributed by atoms with Crippen LogP contribution in [0.15, 0.2) is 47.6 Å². The molecule has 0 atom stereocenters. The zero-order chi connectivity index (χ0) is 18.2. The molecular weight excluding hydrogens is 361 g/mol. The number of rotatable bonds is 6. The number of benzene rings is 2. The van der Waals surface area contributed by atoms with Crippen molar-refractivity contribution in [1.29, 1.82) is 0 Å². The van der Waals surface area contributed by atoms with Gasteiger partial charge in [0.25, 0.3) is 5.91 Å². The van der Waals surface area contributed by atoms with Gasteiger partial charge in [-0.1, -0.05) is 42.3 Å². The van der Waals surface area contributed by atoms with Crippen molar-refractivity contribution in [3.63, 3.8) is 0 Å². The van der Waals surface area contributed by atoms with Crippen LogP contribution in [0, 0.1) is 0 Å². The zero-order valence-electron chi connectivity index (χ0n) is 13.6. The maximum Gasteiger partial charge on any atom is 0.271 e. The van der Waals surface area contributed by atoms with Crippen molar-refractivity contribution < 1.29 is 9.59 Å². The van der Waals surface area contributed by atoms with Crippen LogP contribution in [0.3, 0.4) is 0 Å². The van der Waals surface area contributed by atoms with Gasteiger partial charge in [-0.15, -0.1) is 0 Å². The van der Waals surface area contributed by atoms with Crippen molar-refractivity contribution >= 4 is 46.9 Å². The SMILES string of the molecule is CCCC(=O)Nc1ccc(C(=O)NN=Cc2cccc(Cl)c2Cl)cc1. The Hall–Kier alpha value is -2.37. The van der Waals surface area contributed by atoms with E-state index < -0.39 is 0 Å². The number of halogens is 2. The Balaban J connectivity index is 1.95. The van der Waals surface area contributed by atoms with Crippen LogP contribution in [0.5, 0.6) is 0 Å². The molecule has 0 spiro atoms. The van der Waals surface area contributed by atoms with Gasteiger partial charge >= 0.3 is 0 Å². The monoisotopic (exact) mass is 377 g/mol. The van der Waals surface area contributed by atoms with Crippen LogP contribution in [0.25, 0.3) is 0 Å². The van der Waals surface area contributed by atoms with E-state index in [1.54, 1.807) is 42.5 Å². The Kier molecular flexibility index (Phi) is 6.98. The molecule has 0 saturated carbocycles. The lowest BCUT2D eigenvalue weighted by Crippen LogP contribution is -2.17. The molecule has 7 heteroatoms. The van der Waals surface area contributed by atoms with Gasteiger partial charge in [0.2, 0.25) is 5.91 Å². The minimum Gasteiger partial charge on any atom is -0.326 e. The summed E-state index contributed by atoms with van der Waals surface area (Å²) >= 11 is 11.9. The molecule has 2 aromatic rings. The fourth-order valence-corrected chi connectivity index (χ4v) is 2.36. The second-order valence-corrected chi connectivity index (χ2v) is 6.00. The number of nitrogens with zero attached hydrogens (tertiary/aromatic N) is 1. The number of carbonyl (C=O) groups is 2. The molecule has 130 valence electrons. The van der Waals surface area contributed by atoms with Crippen molar-refractivity contribution in [2.24, 2.45) is 5.10 Å². The largest absolute Gasteiger partial charge is 0.326 e. The predicted molar refractivity (Wildman–Crippen MR) is 102 cm³/mol. The lowest BCUT2D eigenvalue weighted by atomic mass is 10.2. The molecule has 0 saturated heterocycles. The second-order valence-electron chi connectivity index (χ2n) is 5.22. The molecular formula is C18H17Cl2N3O2. The average Bonchev–Trinajstić information content (AvgIpc) is 2.59. The minimum atomic E-state index is -0.374. The first-order valence-corrected chi connectivity index (χ1v) is 8.44. The predicted octanol–water partition coefficient (Wildman–Crippen LogP) is 4.50. The number of hydrazone groups is 1. The Morgan fingerprint density at radius 3 is 2.52 bits per heavy atom. The highest BCUT2D eigenvalue weighted by Crippen LogP contribution is 2.24. The Bertz CT molecular complexity index is 789. The molecule has 2 aromatic carbocycles. The molecule has 0 aliphatic heterocycles. The normalized spacial score (nSPS) is 10.7. The maximum absolute atomic E-state index is 12.1. The number of hydrogen-bond acceptors (Lipinski definition) is 3. The lowest BCUT2D eigenvalue weighted by molar-refractivity contribution is -0.116. The zero-order valence-corrected chi connectivity index (χ0v) is 15.1. The van der Waals surface area contributed by atoms with Crippen molar-refractivity contribution in [3.05, 3.63) is 63.6 Å². The van der Waals surface area contributed by atoms with Gasteiger partial charge in [-0.2, -0.15) is 5.10 Å². The van der Waals surface area contributed by atoms with Gasteiger partial charge in [0.05, 0.1) is 16.3 Å². The molecule has 0 radical (unpaired) electrons. The lowest BCUT2D eigenvalue weighted by Gasteiger charge is -2.05. The third kappa shape index (κ3) is 5.59. The molecule has 2 rings (SSSR count).